The predicted molar refractivity (Wildman–Crippen MR) is 108 cm³/mol. The van der Waals surface area contributed by atoms with E-state index in [0.29, 0.717) is 22.0 Å². The van der Waals surface area contributed by atoms with Gasteiger partial charge in [-0.3, -0.25) is 9.89 Å². The number of aromatic nitrogens is 2. The van der Waals surface area contributed by atoms with E-state index < -0.39 is 11.9 Å². The highest BCUT2D eigenvalue weighted by molar-refractivity contribution is 7.14. The fourth-order valence-corrected chi connectivity index (χ4v) is 3.32. The van der Waals surface area contributed by atoms with Gasteiger partial charge in [0.05, 0.1) is 31.7 Å². The van der Waals surface area contributed by atoms with E-state index in [9.17, 15) is 14.9 Å². The molecule has 0 aliphatic heterocycles. The second-order valence-corrected chi connectivity index (χ2v) is 6.62. The van der Waals surface area contributed by atoms with Gasteiger partial charge in [-0.1, -0.05) is 0 Å². The molecule has 8 nitrogen and oxygen atoms in total. The van der Waals surface area contributed by atoms with Crippen LogP contribution in [0.1, 0.15) is 15.9 Å². The molecule has 3 aromatic rings. The first-order chi connectivity index (χ1) is 14.1. The summed E-state index contributed by atoms with van der Waals surface area (Å²) in [5, 5.41) is 20.9. The van der Waals surface area contributed by atoms with Gasteiger partial charge in [-0.15, -0.1) is 11.3 Å². The summed E-state index contributed by atoms with van der Waals surface area (Å²) >= 11 is 1.16. The Morgan fingerprint density at radius 1 is 1.24 bits per heavy atom. The number of ether oxygens (including phenoxy) is 2. The van der Waals surface area contributed by atoms with Crippen LogP contribution in [0.3, 0.4) is 0 Å². The number of hydrogen-bond donors (Lipinski definition) is 2. The van der Waals surface area contributed by atoms with Crippen LogP contribution >= 0.6 is 11.3 Å². The van der Waals surface area contributed by atoms with Gasteiger partial charge in [-0.05, 0) is 41.8 Å². The zero-order valence-electron chi connectivity index (χ0n) is 15.6. The zero-order chi connectivity index (χ0) is 20.8. The van der Waals surface area contributed by atoms with Crippen LogP contribution in [-0.2, 0) is 9.53 Å². The lowest BCUT2D eigenvalue weighted by Crippen LogP contribution is -2.15. The van der Waals surface area contributed by atoms with Crippen LogP contribution in [0.2, 0.25) is 0 Å². The Labute approximate surface area is 170 Å². The average molecular weight is 408 g/mol. The first kappa shape index (κ1) is 19.9. The van der Waals surface area contributed by atoms with E-state index in [1.54, 1.807) is 30.7 Å². The Hall–Kier alpha value is -3.90. The lowest BCUT2D eigenvalue weighted by molar-refractivity contribution is -0.112. The van der Waals surface area contributed by atoms with Crippen LogP contribution in [0, 0.1) is 11.3 Å². The highest BCUT2D eigenvalue weighted by atomic mass is 32.1. The molecule has 1 amide bonds. The number of rotatable bonds is 6. The Morgan fingerprint density at radius 3 is 2.66 bits per heavy atom. The van der Waals surface area contributed by atoms with E-state index >= 15 is 0 Å². The SMILES string of the molecule is COC(=O)c1ccsc1NC(=O)/C(C#N)=C/c1cn[nH]c1-c1ccc(OC)cc1. The average Bonchev–Trinajstić information content (AvgIpc) is 3.40. The molecule has 0 aliphatic rings. The minimum Gasteiger partial charge on any atom is -0.497 e. The summed E-state index contributed by atoms with van der Waals surface area (Å²) < 4.78 is 9.83. The van der Waals surface area contributed by atoms with Crippen LogP contribution < -0.4 is 10.1 Å². The van der Waals surface area contributed by atoms with Crippen molar-refractivity contribution in [1.29, 1.82) is 5.26 Å². The normalized spacial score (nSPS) is 10.9. The molecule has 9 heteroatoms. The quantitative estimate of drug-likeness (QED) is 0.366. The minimum atomic E-state index is -0.637. The van der Waals surface area contributed by atoms with Crippen LogP contribution in [0.15, 0.2) is 47.5 Å². The molecule has 2 N–H and O–H groups in total. The van der Waals surface area contributed by atoms with E-state index in [2.05, 4.69) is 20.3 Å². The van der Waals surface area contributed by atoms with Crippen molar-refractivity contribution in [3.63, 3.8) is 0 Å². The number of amides is 1. The summed E-state index contributed by atoms with van der Waals surface area (Å²) in [5.74, 6) is -0.498. The van der Waals surface area contributed by atoms with Gasteiger partial charge >= 0.3 is 5.97 Å². The van der Waals surface area contributed by atoms with Crippen LogP contribution in [0.4, 0.5) is 5.00 Å². The lowest BCUT2D eigenvalue weighted by Gasteiger charge is -2.05. The zero-order valence-corrected chi connectivity index (χ0v) is 16.4. The molecule has 2 aromatic heterocycles. The number of thiophene rings is 1. The van der Waals surface area contributed by atoms with Crippen molar-refractivity contribution in [2.75, 3.05) is 19.5 Å². The van der Waals surface area contributed by atoms with Gasteiger partial charge in [0.25, 0.3) is 5.91 Å². The number of esters is 1. The fourth-order valence-electron chi connectivity index (χ4n) is 2.55. The summed E-state index contributed by atoms with van der Waals surface area (Å²) in [6, 6.07) is 10.7. The van der Waals surface area contributed by atoms with E-state index in [-0.39, 0.29) is 11.1 Å². The Morgan fingerprint density at radius 2 is 2.00 bits per heavy atom. The number of hydrogen-bond acceptors (Lipinski definition) is 7. The number of aromatic amines is 1. The largest absolute Gasteiger partial charge is 0.497 e. The van der Waals surface area contributed by atoms with Crippen molar-refractivity contribution in [2.45, 2.75) is 0 Å². The second kappa shape index (κ2) is 8.86. The number of methoxy groups -OCH3 is 2. The molecule has 0 unspecified atom stereocenters. The molecule has 0 radical (unpaired) electrons. The van der Waals surface area contributed by atoms with Crippen molar-refractivity contribution < 1.29 is 19.1 Å². The fraction of sp³-hybridized carbons (Fsp3) is 0.100. The number of nitriles is 1. The standard InChI is InChI=1S/C20H16N4O4S/c1-27-15-5-3-12(4-6-15)17-14(11-22-24-17)9-13(10-21)18(25)23-19-16(7-8-29-19)20(26)28-2/h3-9,11H,1-2H3,(H,22,24)(H,23,25)/b13-9+. The van der Waals surface area contributed by atoms with E-state index in [4.69, 9.17) is 4.74 Å². The molecule has 3 rings (SSSR count). The molecule has 0 saturated carbocycles. The smallest absolute Gasteiger partial charge is 0.340 e. The van der Waals surface area contributed by atoms with Gasteiger partial charge in [0.1, 0.15) is 22.4 Å². The number of nitrogens with one attached hydrogen (secondary N) is 2. The molecule has 2 heterocycles. The lowest BCUT2D eigenvalue weighted by atomic mass is 10.1. The molecule has 0 bridgehead atoms. The molecule has 0 atom stereocenters. The van der Waals surface area contributed by atoms with Crippen LogP contribution in [0.25, 0.3) is 17.3 Å². The van der Waals surface area contributed by atoms with Gasteiger partial charge in [-0.2, -0.15) is 10.4 Å². The molecule has 29 heavy (non-hydrogen) atoms. The van der Waals surface area contributed by atoms with Gasteiger partial charge in [0.2, 0.25) is 0 Å². The third kappa shape index (κ3) is 4.34. The Balaban J connectivity index is 1.87. The molecule has 0 spiro atoms. The van der Waals surface area contributed by atoms with Crippen molar-refractivity contribution in [3.8, 4) is 23.1 Å². The number of anilines is 1. The number of benzene rings is 1. The maximum absolute atomic E-state index is 12.6. The number of carbonyl (C=O) groups is 2. The van der Waals surface area contributed by atoms with Crippen molar-refractivity contribution in [2.24, 2.45) is 0 Å². The molecule has 0 aliphatic carbocycles. The van der Waals surface area contributed by atoms with E-state index in [0.717, 1.165) is 16.9 Å². The van der Waals surface area contributed by atoms with Crippen molar-refractivity contribution in [1.82, 2.24) is 10.2 Å². The summed E-state index contributed by atoms with van der Waals surface area (Å²) in [7, 11) is 2.84. The number of carbonyl (C=O) groups excluding carboxylic acids is 2. The summed E-state index contributed by atoms with van der Waals surface area (Å²) in [6.07, 6.45) is 2.96. The third-order valence-electron chi connectivity index (χ3n) is 4.01. The second-order valence-electron chi connectivity index (χ2n) is 5.71. The van der Waals surface area contributed by atoms with Gasteiger partial charge in [0.15, 0.2) is 0 Å². The molecule has 0 saturated heterocycles. The van der Waals surface area contributed by atoms with Crippen molar-refractivity contribution >= 4 is 34.3 Å². The molecule has 146 valence electrons. The van der Waals surface area contributed by atoms with Crippen LogP contribution in [0.5, 0.6) is 5.75 Å². The van der Waals surface area contributed by atoms with E-state index in [1.807, 2.05) is 18.2 Å². The maximum atomic E-state index is 12.6. The predicted octanol–water partition coefficient (Wildman–Crippen LogP) is 3.48. The highest BCUT2D eigenvalue weighted by Crippen LogP contribution is 2.27. The van der Waals surface area contributed by atoms with Gasteiger partial charge in [-0.25, -0.2) is 4.79 Å². The van der Waals surface area contributed by atoms with Gasteiger partial charge < -0.3 is 14.8 Å². The minimum absolute atomic E-state index is 0.134. The Kier molecular flexibility index (Phi) is 6.06. The third-order valence-corrected chi connectivity index (χ3v) is 4.84. The number of nitrogens with zero attached hydrogens (tertiary/aromatic N) is 2. The highest BCUT2D eigenvalue weighted by Gasteiger charge is 2.18. The Bertz CT molecular complexity index is 1110. The van der Waals surface area contributed by atoms with Crippen LogP contribution in [-0.4, -0.2) is 36.3 Å². The number of H-pyrrole nitrogens is 1. The summed E-state index contributed by atoms with van der Waals surface area (Å²) in [6.45, 7) is 0. The molecular formula is C20H16N4O4S. The molecule has 1 aromatic carbocycles. The molecule has 0 fully saturated rings. The first-order valence-corrected chi connectivity index (χ1v) is 9.22. The summed E-state index contributed by atoms with van der Waals surface area (Å²) in [5.41, 5.74) is 2.13. The van der Waals surface area contributed by atoms with Gasteiger partial charge in [0, 0.05) is 11.1 Å². The maximum Gasteiger partial charge on any atom is 0.340 e. The first-order valence-electron chi connectivity index (χ1n) is 8.34. The summed E-state index contributed by atoms with van der Waals surface area (Å²) in [4.78, 5) is 24.3. The monoisotopic (exact) mass is 408 g/mol. The topological polar surface area (TPSA) is 117 Å². The van der Waals surface area contributed by atoms with E-state index in [1.165, 1.54) is 19.4 Å². The van der Waals surface area contributed by atoms with Crippen molar-refractivity contribution in [3.05, 3.63) is 58.6 Å². The molecular weight excluding hydrogens is 392 g/mol.